The molecule has 1 saturated heterocycles. The predicted molar refractivity (Wildman–Crippen MR) is 88.7 cm³/mol. The lowest BCUT2D eigenvalue weighted by Gasteiger charge is -2.22. The van der Waals surface area contributed by atoms with E-state index in [-0.39, 0.29) is 12.2 Å². The van der Waals surface area contributed by atoms with Crippen molar-refractivity contribution < 1.29 is 4.79 Å². The number of carbonyl (C=O) groups is 1. The number of nitrogens with zero attached hydrogens (tertiary/aromatic N) is 2. The highest BCUT2D eigenvalue weighted by Gasteiger charge is 2.48. The molecule has 1 atom stereocenters. The summed E-state index contributed by atoms with van der Waals surface area (Å²) in [6, 6.07) is 6.88. The lowest BCUT2D eigenvalue weighted by atomic mass is 10.2. The van der Waals surface area contributed by atoms with Crippen molar-refractivity contribution in [3.63, 3.8) is 0 Å². The Kier molecular flexibility index (Phi) is 4.43. The first-order valence-electron chi connectivity index (χ1n) is 6.26. The van der Waals surface area contributed by atoms with Crippen LogP contribution in [0.5, 0.6) is 0 Å². The molecule has 2 aliphatic rings. The Morgan fingerprint density at radius 1 is 1.29 bits per heavy atom. The van der Waals surface area contributed by atoms with E-state index in [0.29, 0.717) is 10.9 Å². The molecule has 2 amide bonds. The van der Waals surface area contributed by atoms with E-state index in [2.05, 4.69) is 5.43 Å². The topological polar surface area (TPSA) is 35.6 Å². The summed E-state index contributed by atoms with van der Waals surface area (Å²) in [5.74, 6) is 0.397. The Morgan fingerprint density at radius 2 is 2.00 bits per heavy atom. The summed E-state index contributed by atoms with van der Waals surface area (Å²) in [5, 5.41) is 0.572. The molecule has 1 aliphatic heterocycles. The molecule has 2 fully saturated rings. The molecule has 1 unspecified atom stereocenters. The van der Waals surface area contributed by atoms with Crippen LogP contribution >= 0.6 is 58.4 Å². The summed E-state index contributed by atoms with van der Waals surface area (Å²) in [5.41, 5.74) is 3.83. The number of anilines is 1. The molecule has 0 aromatic heterocycles. The average molecular weight is 387 g/mol. The Labute approximate surface area is 146 Å². The smallest absolute Gasteiger partial charge is 0.274 e. The monoisotopic (exact) mass is 385 g/mol. The van der Waals surface area contributed by atoms with Crippen molar-refractivity contribution in [2.75, 3.05) is 4.90 Å². The van der Waals surface area contributed by atoms with Gasteiger partial charge in [-0.15, -0.1) is 0 Å². The normalized spacial score (nSPS) is 23.0. The lowest BCUT2D eigenvalue weighted by Crippen LogP contribution is -2.39. The second-order valence-electron chi connectivity index (χ2n) is 4.88. The van der Waals surface area contributed by atoms with Crippen LogP contribution in [0, 0.1) is 5.92 Å². The molecule has 0 radical (unpaired) electrons. The van der Waals surface area contributed by atoms with Crippen molar-refractivity contribution in [3.05, 3.63) is 29.3 Å². The van der Waals surface area contributed by atoms with E-state index in [1.54, 1.807) is 23.1 Å². The Bertz CT molecular complexity index is 564. The van der Waals surface area contributed by atoms with Gasteiger partial charge in [-0.05, 0) is 37.0 Å². The van der Waals surface area contributed by atoms with E-state index in [1.807, 2.05) is 6.07 Å². The van der Waals surface area contributed by atoms with Gasteiger partial charge in [-0.3, -0.25) is 4.90 Å². The van der Waals surface area contributed by atoms with Crippen LogP contribution in [0.3, 0.4) is 0 Å². The summed E-state index contributed by atoms with van der Waals surface area (Å²) < 4.78 is -0.335. The van der Waals surface area contributed by atoms with Gasteiger partial charge in [0.25, 0.3) is 3.12 Å². The molecule has 1 saturated carbocycles. The number of hydrogen-bond acceptors (Lipinski definition) is 3. The molecule has 3 rings (SSSR count). The number of hydrogen-bond donors (Lipinski definition) is 1. The SMILES string of the molecule is O=C1N(SC(Cl)(Cl)Cl)NC(C2CC2)N1c1cccc(Cl)c1. The van der Waals surface area contributed by atoms with E-state index < -0.39 is 3.12 Å². The molecule has 0 bridgehead atoms. The number of urea groups is 1. The minimum Gasteiger partial charge on any atom is -0.274 e. The molecule has 1 aromatic carbocycles. The van der Waals surface area contributed by atoms with Gasteiger partial charge >= 0.3 is 6.03 Å². The maximum absolute atomic E-state index is 12.6. The third-order valence-corrected chi connectivity index (χ3v) is 4.76. The Morgan fingerprint density at radius 3 is 2.57 bits per heavy atom. The Hall–Kier alpha value is -0.0400. The molecule has 21 heavy (non-hydrogen) atoms. The van der Waals surface area contributed by atoms with Crippen LogP contribution in [0.15, 0.2) is 24.3 Å². The van der Waals surface area contributed by atoms with E-state index in [0.717, 1.165) is 30.5 Å². The fourth-order valence-electron chi connectivity index (χ4n) is 2.24. The van der Waals surface area contributed by atoms with Crippen molar-refractivity contribution >= 4 is 70.1 Å². The molecule has 0 spiro atoms. The second kappa shape index (κ2) is 5.87. The van der Waals surface area contributed by atoms with Crippen LogP contribution < -0.4 is 10.3 Å². The van der Waals surface area contributed by atoms with Gasteiger partial charge in [0.15, 0.2) is 0 Å². The summed E-state index contributed by atoms with van der Waals surface area (Å²) in [7, 11) is 0. The highest BCUT2D eigenvalue weighted by atomic mass is 35.6. The first-order valence-corrected chi connectivity index (χ1v) is 8.54. The van der Waals surface area contributed by atoms with Crippen LogP contribution in [0.4, 0.5) is 10.5 Å². The van der Waals surface area contributed by atoms with Crippen molar-refractivity contribution in [3.8, 4) is 0 Å². The number of hydrazine groups is 1. The van der Waals surface area contributed by atoms with Crippen LogP contribution in [-0.2, 0) is 0 Å². The fourth-order valence-corrected chi connectivity index (χ4v) is 3.58. The van der Waals surface area contributed by atoms with Gasteiger partial charge in [0.1, 0.15) is 6.17 Å². The first kappa shape index (κ1) is 15.8. The number of nitrogens with one attached hydrogen (secondary N) is 1. The summed E-state index contributed by atoms with van der Waals surface area (Å²) >= 11 is 24.1. The number of benzene rings is 1. The van der Waals surface area contributed by atoms with Crippen molar-refractivity contribution in [2.45, 2.75) is 22.1 Å². The van der Waals surface area contributed by atoms with Crippen molar-refractivity contribution in [1.82, 2.24) is 9.84 Å². The van der Waals surface area contributed by atoms with E-state index in [1.165, 1.54) is 4.41 Å². The van der Waals surface area contributed by atoms with E-state index >= 15 is 0 Å². The standard InChI is InChI=1S/C12H11Cl4N3OS/c13-8-2-1-3-9(6-8)18-10(7-4-5-7)17-19(11(18)20)21-12(14,15)16/h1-3,6-7,10,17H,4-5H2. The molecular formula is C12H11Cl4N3OS. The summed E-state index contributed by atoms with van der Waals surface area (Å²) in [4.78, 5) is 14.2. The molecule has 1 N–H and O–H groups in total. The molecule has 1 aromatic rings. The van der Waals surface area contributed by atoms with Crippen LogP contribution in [0.25, 0.3) is 0 Å². The molecule has 1 heterocycles. The predicted octanol–water partition coefficient (Wildman–Crippen LogP) is 4.80. The number of halogens is 4. The zero-order chi connectivity index (χ0) is 15.2. The summed E-state index contributed by atoms with van der Waals surface area (Å²) in [6.07, 6.45) is 1.98. The molecular weight excluding hydrogens is 376 g/mol. The van der Waals surface area contributed by atoms with E-state index in [9.17, 15) is 4.79 Å². The van der Waals surface area contributed by atoms with Gasteiger partial charge in [-0.25, -0.2) is 4.79 Å². The van der Waals surface area contributed by atoms with Crippen molar-refractivity contribution in [1.29, 1.82) is 0 Å². The quantitative estimate of drug-likeness (QED) is 0.598. The molecule has 114 valence electrons. The minimum absolute atomic E-state index is 0.143. The maximum Gasteiger partial charge on any atom is 0.350 e. The first-order chi connectivity index (χ1) is 9.85. The number of amides is 2. The zero-order valence-electron chi connectivity index (χ0n) is 10.6. The number of rotatable bonds is 3. The number of alkyl halides is 3. The zero-order valence-corrected chi connectivity index (χ0v) is 14.4. The van der Waals surface area contributed by atoms with Crippen LogP contribution in [0.2, 0.25) is 5.02 Å². The second-order valence-corrected chi connectivity index (χ2v) is 9.43. The van der Waals surface area contributed by atoms with Crippen LogP contribution in [-0.4, -0.2) is 19.7 Å². The molecule has 9 heteroatoms. The summed E-state index contributed by atoms with van der Waals surface area (Å²) in [6.45, 7) is 0. The van der Waals surface area contributed by atoms with Gasteiger partial charge in [-0.2, -0.15) is 9.84 Å². The molecule has 4 nitrogen and oxygen atoms in total. The van der Waals surface area contributed by atoms with Gasteiger partial charge < -0.3 is 0 Å². The van der Waals surface area contributed by atoms with Crippen LogP contribution in [0.1, 0.15) is 12.8 Å². The largest absolute Gasteiger partial charge is 0.350 e. The highest BCUT2D eigenvalue weighted by Crippen LogP contribution is 2.45. The highest BCUT2D eigenvalue weighted by molar-refractivity contribution is 8.03. The third-order valence-electron chi connectivity index (χ3n) is 3.26. The minimum atomic E-state index is -1.61. The Balaban J connectivity index is 1.88. The molecule has 1 aliphatic carbocycles. The van der Waals surface area contributed by atoms with Gasteiger partial charge in [-0.1, -0.05) is 52.5 Å². The van der Waals surface area contributed by atoms with Gasteiger partial charge in [0, 0.05) is 22.7 Å². The lowest BCUT2D eigenvalue weighted by molar-refractivity contribution is 0.236. The van der Waals surface area contributed by atoms with Gasteiger partial charge in [0.2, 0.25) is 0 Å². The third kappa shape index (κ3) is 3.66. The van der Waals surface area contributed by atoms with E-state index in [4.69, 9.17) is 46.4 Å². The fraction of sp³-hybridized carbons (Fsp3) is 0.417. The number of carbonyl (C=O) groups excluding carboxylic acids is 1. The van der Waals surface area contributed by atoms with Gasteiger partial charge in [0.05, 0.1) is 0 Å². The maximum atomic E-state index is 12.6. The van der Waals surface area contributed by atoms with Crippen molar-refractivity contribution in [2.24, 2.45) is 5.92 Å². The average Bonchev–Trinajstić information content (AvgIpc) is 3.15.